The van der Waals surface area contributed by atoms with Gasteiger partial charge in [-0.15, -0.1) is 0 Å². The Bertz CT molecular complexity index is 885. The number of methoxy groups -OCH3 is 1. The zero-order valence-electron chi connectivity index (χ0n) is 17.4. The van der Waals surface area contributed by atoms with Crippen molar-refractivity contribution < 1.29 is 13.9 Å². The quantitative estimate of drug-likeness (QED) is 0.778. The lowest BCUT2D eigenvalue weighted by molar-refractivity contribution is 0.134. The second kappa shape index (κ2) is 6.87. The standard InChI is InChI=1S/C23H29FN2O2/c1-15-19-14-23(3,4)28-22(19)21(27-5)16(2)20(15)26-12-10-25(11-13-26)18-8-6-17(24)7-9-18/h6-9H,10-14H2,1-5H3. The molecule has 0 bridgehead atoms. The first-order valence-corrected chi connectivity index (χ1v) is 9.95. The van der Waals surface area contributed by atoms with Crippen molar-refractivity contribution in [3.8, 4) is 11.5 Å². The van der Waals surface area contributed by atoms with Crippen molar-refractivity contribution in [2.45, 2.75) is 39.7 Å². The second-order valence-corrected chi connectivity index (χ2v) is 8.43. The van der Waals surface area contributed by atoms with Gasteiger partial charge in [0.2, 0.25) is 0 Å². The number of anilines is 2. The van der Waals surface area contributed by atoms with Gasteiger partial charge in [0.1, 0.15) is 11.4 Å². The highest BCUT2D eigenvalue weighted by Crippen LogP contribution is 2.49. The molecule has 1 saturated heterocycles. The van der Waals surface area contributed by atoms with Crippen LogP contribution in [0.1, 0.15) is 30.5 Å². The maximum Gasteiger partial charge on any atom is 0.166 e. The van der Waals surface area contributed by atoms with E-state index in [4.69, 9.17) is 9.47 Å². The molecule has 4 rings (SSSR count). The zero-order chi connectivity index (χ0) is 20.1. The number of ether oxygens (including phenoxy) is 2. The van der Waals surface area contributed by atoms with Gasteiger partial charge in [-0.3, -0.25) is 0 Å². The van der Waals surface area contributed by atoms with Gasteiger partial charge in [-0.2, -0.15) is 0 Å². The number of halogens is 1. The first-order chi connectivity index (χ1) is 13.3. The molecule has 0 spiro atoms. The number of hydrogen-bond acceptors (Lipinski definition) is 4. The molecule has 2 aliphatic rings. The molecule has 0 unspecified atom stereocenters. The van der Waals surface area contributed by atoms with Crippen molar-refractivity contribution in [2.24, 2.45) is 0 Å². The summed E-state index contributed by atoms with van der Waals surface area (Å²) in [5, 5.41) is 0. The molecule has 2 aromatic carbocycles. The van der Waals surface area contributed by atoms with Crippen molar-refractivity contribution in [3.05, 3.63) is 46.8 Å². The first-order valence-electron chi connectivity index (χ1n) is 9.95. The van der Waals surface area contributed by atoms with Crippen LogP contribution >= 0.6 is 0 Å². The lowest BCUT2D eigenvalue weighted by atomic mass is 9.93. The Balaban J connectivity index is 1.61. The third-order valence-electron chi connectivity index (χ3n) is 5.96. The Morgan fingerprint density at radius 1 is 0.964 bits per heavy atom. The van der Waals surface area contributed by atoms with Gasteiger partial charge >= 0.3 is 0 Å². The predicted octanol–water partition coefficient (Wildman–Crippen LogP) is 4.49. The minimum absolute atomic E-state index is 0.191. The summed E-state index contributed by atoms with van der Waals surface area (Å²) >= 11 is 0. The summed E-state index contributed by atoms with van der Waals surface area (Å²) in [7, 11) is 1.73. The Kier molecular flexibility index (Phi) is 4.64. The molecule has 28 heavy (non-hydrogen) atoms. The molecule has 1 fully saturated rings. The molecule has 4 nitrogen and oxygen atoms in total. The summed E-state index contributed by atoms with van der Waals surface area (Å²) < 4.78 is 25.2. The fourth-order valence-corrected chi connectivity index (χ4v) is 4.63. The van der Waals surface area contributed by atoms with Crippen molar-refractivity contribution in [1.82, 2.24) is 0 Å². The van der Waals surface area contributed by atoms with E-state index in [2.05, 4.69) is 37.5 Å². The minimum Gasteiger partial charge on any atom is -0.492 e. The molecule has 0 saturated carbocycles. The van der Waals surface area contributed by atoms with Gasteiger partial charge in [-0.25, -0.2) is 4.39 Å². The highest BCUT2D eigenvalue weighted by Gasteiger charge is 2.37. The van der Waals surface area contributed by atoms with E-state index in [9.17, 15) is 4.39 Å². The monoisotopic (exact) mass is 384 g/mol. The van der Waals surface area contributed by atoms with E-state index in [0.717, 1.165) is 55.3 Å². The molecule has 150 valence electrons. The number of nitrogens with zero attached hydrogens (tertiary/aromatic N) is 2. The average Bonchev–Trinajstić information content (AvgIpc) is 2.99. The van der Waals surface area contributed by atoms with Crippen LogP contribution in [0, 0.1) is 19.7 Å². The summed E-state index contributed by atoms with van der Waals surface area (Å²) in [4.78, 5) is 4.77. The zero-order valence-corrected chi connectivity index (χ0v) is 17.4. The van der Waals surface area contributed by atoms with E-state index in [1.165, 1.54) is 28.9 Å². The highest BCUT2D eigenvalue weighted by molar-refractivity contribution is 5.73. The number of fused-ring (bicyclic) bond motifs is 1. The van der Waals surface area contributed by atoms with Crippen molar-refractivity contribution in [2.75, 3.05) is 43.1 Å². The molecule has 0 N–H and O–H groups in total. The summed E-state index contributed by atoms with van der Waals surface area (Å²) in [5.41, 5.74) is 5.86. The van der Waals surface area contributed by atoms with Gasteiger partial charge in [-0.05, 0) is 57.5 Å². The summed E-state index contributed by atoms with van der Waals surface area (Å²) in [6.07, 6.45) is 0.896. The van der Waals surface area contributed by atoms with Gasteiger partial charge in [-0.1, -0.05) is 0 Å². The number of hydrogen-bond donors (Lipinski definition) is 0. The fraction of sp³-hybridized carbons (Fsp3) is 0.478. The molecule has 0 aliphatic carbocycles. The van der Waals surface area contributed by atoms with E-state index in [-0.39, 0.29) is 11.4 Å². The number of rotatable bonds is 3. The van der Waals surface area contributed by atoms with Crippen molar-refractivity contribution in [1.29, 1.82) is 0 Å². The summed E-state index contributed by atoms with van der Waals surface area (Å²) in [5.74, 6) is 1.59. The maximum atomic E-state index is 13.2. The van der Waals surface area contributed by atoms with E-state index < -0.39 is 0 Å². The SMILES string of the molecule is COc1c(C)c(N2CCN(c3ccc(F)cc3)CC2)c(C)c2c1OC(C)(C)C2. The Hall–Kier alpha value is -2.43. The van der Waals surface area contributed by atoms with Crippen LogP contribution in [0.3, 0.4) is 0 Å². The van der Waals surface area contributed by atoms with Gasteiger partial charge in [0.15, 0.2) is 11.5 Å². The molecule has 2 aromatic rings. The van der Waals surface area contributed by atoms with E-state index in [1.807, 2.05) is 12.1 Å². The number of benzene rings is 2. The molecule has 0 amide bonds. The molecule has 0 atom stereocenters. The van der Waals surface area contributed by atoms with E-state index >= 15 is 0 Å². The largest absolute Gasteiger partial charge is 0.492 e. The summed E-state index contributed by atoms with van der Waals surface area (Å²) in [6.45, 7) is 12.2. The van der Waals surface area contributed by atoms with Crippen LogP contribution in [-0.2, 0) is 6.42 Å². The Labute approximate surface area is 166 Å². The third-order valence-corrected chi connectivity index (χ3v) is 5.96. The van der Waals surface area contributed by atoms with E-state index in [1.54, 1.807) is 7.11 Å². The van der Waals surface area contributed by atoms with Crippen LogP contribution in [0.15, 0.2) is 24.3 Å². The lowest BCUT2D eigenvalue weighted by Gasteiger charge is -2.39. The molecule has 5 heteroatoms. The van der Waals surface area contributed by atoms with Gasteiger partial charge in [0.25, 0.3) is 0 Å². The van der Waals surface area contributed by atoms with Crippen LogP contribution in [0.25, 0.3) is 0 Å². The van der Waals surface area contributed by atoms with Crippen molar-refractivity contribution >= 4 is 11.4 Å². The van der Waals surface area contributed by atoms with Crippen LogP contribution in [-0.4, -0.2) is 38.9 Å². The van der Waals surface area contributed by atoms with Gasteiger partial charge in [0, 0.05) is 55.1 Å². The smallest absolute Gasteiger partial charge is 0.166 e. The van der Waals surface area contributed by atoms with Crippen LogP contribution in [0.4, 0.5) is 15.8 Å². The second-order valence-electron chi connectivity index (χ2n) is 8.43. The topological polar surface area (TPSA) is 24.9 Å². The fourth-order valence-electron chi connectivity index (χ4n) is 4.63. The van der Waals surface area contributed by atoms with Crippen LogP contribution < -0.4 is 19.3 Å². The van der Waals surface area contributed by atoms with Gasteiger partial charge < -0.3 is 19.3 Å². The Morgan fingerprint density at radius 3 is 2.18 bits per heavy atom. The Morgan fingerprint density at radius 2 is 1.57 bits per heavy atom. The normalized spacial score (nSPS) is 18.1. The number of piperazine rings is 1. The molecule has 2 aliphatic heterocycles. The van der Waals surface area contributed by atoms with Gasteiger partial charge in [0.05, 0.1) is 7.11 Å². The third kappa shape index (κ3) is 3.17. The average molecular weight is 384 g/mol. The lowest BCUT2D eigenvalue weighted by Crippen LogP contribution is -2.47. The predicted molar refractivity (Wildman–Crippen MR) is 112 cm³/mol. The van der Waals surface area contributed by atoms with Crippen LogP contribution in [0.5, 0.6) is 11.5 Å². The molecule has 0 radical (unpaired) electrons. The minimum atomic E-state index is -0.202. The van der Waals surface area contributed by atoms with Crippen molar-refractivity contribution in [3.63, 3.8) is 0 Å². The van der Waals surface area contributed by atoms with Crippen LogP contribution in [0.2, 0.25) is 0 Å². The maximum absolute atomic E-state index is 13.2. The molecular formula is C23H29FN2O2. The molecule has 0 aromatic heterocycles. The first kappa shape index (κ1) is 18.9. The molecule has 2 heterocycles. The highest BCUT2D eigenvalue weighted by atomic mass is 19.1. The molecular weight excluding hydrogens is 355 g/mol. The van der Waals surface area contributed by atoms with E-state index in [0.29, 0.717) is 0 Å². The summed E-state index contributed by atoms with van der Waals surface area (Å²) in [6, 6.07) is 6.78.